The number of aryl methyl sites for hydroxylation is 2. The number of aromatic nitrogens is 5. The maximum atomic E-state index is 12.0. The molecule has 1 N–H and O–H groups in total. The van der Waals surface area contributed by atoms with E-state index in [0.717, 1.165) is 38.4 Å². The van der Waals surface area contributed by atoms with Crippen molar-refractivity contribution >= 4 is 5.82 Å². The van der Waals surface area contributed by atoms with Gasteiger partial charge in [0.2, 0.25) is 0 Å². The summed E-state index contributed by atoms with van der Waals surface area (Å²) >= 11 is 0. The molecule has 2 aromatic heterocycles. The van der Waals surface area contributed by atoms with E-state index in [1.165, 1.54) is 4.57 Å². The predicted octanol–water partition coefficient (Wildman–Crippen LogP) is 0.0947. The molecule has 9 heteroatoms. The zero-order valence-electron chi connectivity index (χ0n) is 14.8. The number of nitrogens with zero attached hydrogens (tertiary/aromatic N) is 6. The van der Waals surface area contributed by atoms with Crippen molar-refractivity contribution in [2.24, 2.45) is 7.05 Å². The first-order chi connectivity index (χ1) is 12.2. The number of anilines is 1. The van der Waals surface area contributed by atoms with E-state index < -0.39 is 0 Å². The van der Waals surface area contributed by atoms with Gasteiger partial charge in [0.25, 0.3) is 5.56 Å². The van der Waals surface area contributed by atoms with Crippen molar-refractivity contribution in [3.63, 3.8) is 0 Å². The summed E-state index contributed by atoms with van der Waals surface area (Å²) in [5.74, 6) is 1.34. The second kappa shape index (κ2) is 8.21. The van der Waals surface area contributed by atoms with Crippen LogP contribution in [-0.2, 0) is 24.9 Å². The van der Waals surface area contributed by atoms with Gasteiger partial charge in [-0.2, -0.15) is 5.10 Å². The highest BCUT2D eigenvalue weighted by molar-refractivity contribution is 5.30. The Balaban J connectivity index is 1.55. The number of hydrogen-bond acceptors (Lipinski definition) is 7. The molecular weight excluding hydrogens is 322 g/mol. The standard InChI is InChI=1S/C16H25N7O2/c1-3-5-23-14(19-12-20-23)11-22-7-8-25-13(10-22)9-18-15-16(24)21(2)6-4-17-15/h4,6,12-13H,3,5,7-11H2,1-2H3,(H,17,18). The number of hydrogen-bond donors (Lipinski definition) is 1. The quantitative estimate of drug-likeness (QED) is 0.759. The normalized spacial score (nSPS) is 18.4. The van der Waals surface area contributed by atoms with Crippen molar-refractivity contribution < 1.29 is 4.74 Å². The van der Waals surface area contributed by atoms with Gasteiger partial charge in [-0.3, -0.25) is 9.69 Å². The summed E-state index contributed by atoms with van der Waals surface area (Å²) in [7, 11) is 1.71. The van der Waals surface area contributed by atoms with Crippen LogP contribution in [0.3, 0.4) is 0 Å². The lowest BCUT2D eigenvalue weighted by Gasteiger charge is -2.32. The molecule has 9 nitrogen and oxygen atoms in total. The van der Waals surface area contributed by atoms with E-state index in [-0.39, 0.29) is 11.7 Å². The molecular formula is C16H25N7O2. The van der Waals surface area contributed by atoms with Crippen molar-refractivity contribution in [3.8, 4) is 0 Å². The SMILES string of the molecule is CCCn1ncnc1CN1CCOC(CNc2nccn(C)c2=O)C1. The van der Waals surface area contributed by atoms with E-state index >= 15 is 0 Å². The third kappa shape index (κ3) is 4.43. The fraction of sp³-hybridized carbons (Fsp3) is 0.625. The zero-order chi connectivity index (χ0) is 17.6. The Morgan fingerprint density at radius 1 is 1.40 bits per heavy atom. The molecule has 1 aliphatic rings. The van der Waals surface area contributed by atoms with Gasteiger partial charge in [0, 0.05) is 45.6 Å². The Bertz CT molecular complexity index is 742. The van der Waals surface area contributed by atoms with Gasteiger partial charge in [0.1, 0.15) is 12.2 Å². The van der Waals surface area contributed by atoms with E-state index in [0.29, 0.717) is 19.0 Å². The molecule has 1 aliphatic heterocycles. The van der Waals surface area contributed by atoms with Gasteiger partial charge >= 0.3 is 0 Å². The number of nitrogens with one attached hydrogen (secondary N) is 1. The van der Waals surface area contributed by atoms with Crippen LogP contribution in [-0.4, -0.2) is 61.6 Å². The molecule has 1 atom stereocenters. The molecule has 1 fully saturated rings. The fourth-order valence-electron chi connectivity index (χ4n) is 2.89. The van der Waals surface area contributed by atoms with Crippen LogP contribution in [0, 0.1) is 0 Å². The van der Waals surface area contributed by atoms with E-state index in [1.807, 2.05) is 4.68 Å². The Kier molecular flexibility index (Phi) is 5.77. The number of ether oxygens (including phenoxy) is 1. The number of rotatable bonds is 7. The molecule has 0 spiro atoms. The lowest BCUT2D eigenvalue weighted by Crippen LogP contribution is -2.45. The van der Waals surface area contributed by atoms with Gasteiger partial charge in [-0.15, -0.1) is 0 Å². The molecule has 0 bridgehead atoms. The van der Waals surface area contributed by atoms with Gasteiger partial charge < -0.3 is 14.6 Å². The van der Waals surface area contributed by atoms with Crippen molar-refractivity contribution in [2.75, 3.05) is 31.6 Å². The number of morpholine rings is 1. The predicted molar refractivity (Wildman–Crippen MR) is 93.3 cm³/mol. The van der Waals surface area contributed by atoms with Gasteiger partial charge in [-0.1, -0.05) is 6.92 Å². The largest absolute Gasteiger partial charge is 0.374 e. The highest BCUT2D eigenvalue weighted by Gasteiger charge is 2.22. The van der Waals surface area contributed by atoms with Crippen LogP contribution in [0.1, 0.15) is 19.2 Å². The van der Waals surface area contributed by atoms with Crippen LogP contribution >= 0.6 is 0 Å². The maximum absolute atomic E-state index is 12.0. The molecule has 0 aromatic carbocycles. The summed E-state index contributed by atoms with van der Waals surface area (Å²) in [6.45, 7) is 6.61. The summed E-state index contributed by atoms with van der Waals surface area (Å²) in [5.41, 5.74) is -0.136. The minimum absolute atomic E-state index is 0.00279. The smallest absolute Gasteiger partial charge is 0.293 e. The van der Waals surface area contributed by atoms with Crippen LogP contribution in [0.25, 0.3) is 0 Å². The summed E-state index contributed by atoms with van der Waals surface area (Å²) in [5, 5.41) is 7.38. The molecule has 0 saturated carbocycles. The van der Waals surface area contributed by atoms with Crippen molar-refractivity contribution in [1.82, 2.24) is 29.2 Å². The summed E-state index contributed by atoms with van der Waals surface area (Å²) in [4.78, 5) is 22.8. The fourth-order valence-corrected chi connectivity index (χ4v) is 2.89. The van der Waals surface area contributed by atoms with E-state index in [1.54, 1.807) is 25.8 Å². The highest BCUT2D eigenvalue weighted by Crippen LogP contribution is 2.10. The first-order valence-corrected chi connectivity index (χ1v) is 8.63. The van der Waals surface area contributed by atoms with E-state index in [9.17, 15) is 4.79 Å². The molecule has 2 aromatic rings. The molecule has 0 radical (unpaired) electrons. The van der Waals surface area contributed by atoms with Crippen LogP contribution in [0.4, 0.5) is 5.82 Å². The topological polar surface area (TPSA) is 90.1 Å². The molecule has 0 aliphatic carbocycles. The first kappa shape index (κ1) is 17.6. The summed E-state index contributed by atoms with van der Waals surface area (Å²) in [6, 6.07) is 0. The van der Waals surface area contributed by atoms with Gasteiger partial charge in [-0.05, 0) is 6.42 Å². The Morgan fingerprint density at radius 3 is 3.12 bits per heavy atom. The van der Waals surface area contributed by atoms with Gasteiger partial charge in [0.15, 0.2) is 5.82 Å². The average molecular weight is 347 g/mol. The molecule has 3 heterocycles. The Hall–Kier alpha value is -2.26. The molecule has 1 saturated heterocycles. The van der Waals surface area contributed by atoms with Crippen molar-refractivity contribution in [3.05, 3.63) is 34.9 Å². The van der Waals surface area contributed by atoms with Crippen LogP contribution in [0.5, 0.6) is 0 Å². The highest BCUT2D eigenvalue weighted by atomic mass is 16.5. The molecule has 136 valence electrons. The van der Waals surface area contributed by atoms with Crippen molar-refractivity contribution in [2.45, 2.75) is 32.5 Å². The molecule has 0 amide bonds. The van der Waals surface area contributed by atoms with E-state index in [4.69, 9.17) is 4.74 Å². The van der Waals surface area contributed by atoms with Gasteiger partial charge in [0.05, 0.1) is 19.3 Å². The Morgan fingerprint density at radius 2 is 2.28 bits per heavy atom. The second-order valence-corrected chi connectivity index (χ2v) is 6.20. The minimum atomic E-state index is -0.136. The molecule has 1 unspecified atom stereocenters. The monoisotopic (exact) mass is 347 g/mol. The van der Waals surface area contributed by atoms with Gasteiger partial charge in [-0.25, -0.2) is 14.6 Å². The average Bonchev–Trinajstić information content (AvgIpc) is 3.04. The third-order valence-corrected chi connectivity index (χ3v) is 4.23. The zero-order valence-corrected chi connectivity index (χ0v) is 14.8. The van der Waals surface area contributed by atoms with Crippen LogP contribution < -0.4 is 10.9 Å². The van der Waals surface area contributed by atoms with Crippen molar-refractivity contribution in [1.29, 1.82) is 0 Å². The minimum Gasteiger partial charge on any atom is -0.374 e. The molecule has 3 rings (SSSR count). The van der Waals surface area contributed by atoms with E-state index in [2.05, 4.69) is 32.2 Å². The Labute approximate surface area is 146 Å². The lowest BCUT2D eigenvalue weighted by molar-refractivity contribution is -0.0252. The first-order valence-electron chi connectivity index (χ1n) is 8.63. The van der Waals surface area contributed by atoms with Crippen LogP contribution in [0.15, 0.2) is 23.5 Å². The molecule has 25 heavy (non-hydrogen) atoms. The summed E-state index contributed by atoms with van der Waals surface area (Å²) < 4.78 is 9.28. The summed E-state index contributed by atoms with van der Waals surface area (Å²) in [6.07, 6.45) is 5.90. The lowest BCUT2D eigenvalue weighted by atomic mass is 10.2. The second-order valence-electron chi connectivity index (χ2n) is 6.20. The van der Waals surface area contributed by atoms with Crippen LogP contribution in [0.2, 0.25) is 0 Å². The maximum Gasteiger partial charge on any atom is 0.293 e. The third-order valence-electron chi connectivity index (χ3n) is 4.23.